The molecule has 0 saturated carbocycles. The number of hydrogen-bond acceptors (Lipinski definition) is 3. The molecule has 0 atom stereocenters. The lowest BCUT2D eigenvalue weighted by Crippen LogP contribution is -2.14. The summed E-state index contributed by atoms with van der Waals surface area (Å²) < 4.78 is 4.65. The first kappa shape index (κ1) is 35.2. The van der Waals surface area contributed by atoms with E-state index in [1.54, 1.807) is 0 Å². The molecule has 62 heavy (non-hydrogen) atoms. The number of aromatic nitrogens is 5. The Balaban J connectivity index is 1.000. The van der Waals surface area contributed by atoms with Gasteiger partial charge in [-0.3, -0.25) is 4.57 Å². The number of fused-ring (bicyclic) bond motifs is 12. The number of rotatable bonds is 4. The zero-order valence-corrected chi connectivity index (χ0v) is 35.0. The predicted octanol–water partition coefficient (Wildman–Crippen LogP) is 14.0. The molecule has 3 aromatic heterocycles. The second-order valence-corrected chi connectivity index (χ2v) is 18.1. The molecule has 0 spiro atoms. The molecule has 5 heteroatoms. The summed E-state index contributed by atoms with van der Waals surface area (Å²) in [5, 5.41) is 4.88. The molecule has 0 N–H and O–H groups in total. The standard InChI is InChI=1S/C57H41N5/c1-56(2)45-22-12-8-18-37(45)41-32-51-43(30-47(41)56)39-20-10-14-24-49(39)61(51)36-28-26-35(27-29-36)54-58-53(34-16-6-5-7-17-34)59-55(60-54)62-50-25-15-11-21-40(50)44-31-48-42(33-52(44)62)38-19-9-13-23-46(38)57(48,3)4/h5-33H,1-4H3. The van der Waals surface area contributed by atoms with E-state index in [1.165, 1.54) is 77.1 Å². The third-order valence-corrected chi connectivity index (χ3v) is 14.0. The quantitative estimate of drug-likeness (QED) is 0.178. The number of hydrogen-bond donors (Lipinski definition) is 0. The highest BCUT2D eigenvalue weighted by Crippen LogP contribution is 2.52. The summed E-state index contributed by atoms with van der Waals surface area (Å²) >= 11 is 0. The second kappa shape index (κ2) is 12.5. The van der Waals surface area contributed by atoms with Crippen LogP contribution in [-0.4, -0.2) is 24.1 Å². The first-order chi connectivity index (χ1) is 30.3. The zero-order valence-electron chi connectivity index (χ0n) is 35.0. The van der Waals surface area contributed by atoms with Crippen molar-refractivity contribution in [1.82, 2.24) is 24.1 Å². The molecule has 0 amide bonds. The first-order valence-electron chi connectivity index (χ1n) is 21.5. The molecule has 0 radical (unpaired) electrons. The van der Waals surface area contributed by atoms with Gasteiger partial charge in [0.15, 0.2) is 11.6 Å². The lowest BCUT2D eigenvalue weighted by molar-refractivity contribution is 0.661. The molecule has 0 fully saturated rings. The number of para-hydroxylation sites is 2. The Hall–Kier alpha value is -7.63. The average Bonchev–Trinajstić information content (AvgIpc) is 3.96. The van der Waals surface area contributed by atoms with Gasteiger partial charge in [-0.25, -0.2) is 4.98 Å². The fourth-order valence-electron chi connectivity index (χ4n) is 10.9. The van der Waals surface area contributed by atoms with E-state index in [2.05, 4.69) is 195 Å². The van der Waals surface area contributed by atoms with Crippen molar-refractivity contribution in [3.63, 3.8) is 0 Å². The van der Waals surface area contributed by atoms with Gasteiger partial charge < -0.3 is 4.57 Å². The minimum absolute atomic E-state index is 0.0748. The van der Waals surface area contributed by atoms with E-state index in [0.29, 0.717) is 17.6 Å². The third-order valence-electron chi connectivity index (χ3n) is 14.0. The van der Waals surface area contributed by atoms with Crippen LogP contribution in [0.1, 0.15) is 49.9 Å². The maximum absolute atomic E-state index is 5.34. The fourth-order valence-corrected chi connectivity index (χ4v) is 10.9. The molecule has 8 aromatic carbocycles. The van der Waals surface area contributed by atoms with Gasteiger partial charge in [0.25, 0.3) is 0 Å². The van der Waals surface area contributed by atoms with Crippen molar-refractivity contribution in [2.75, 3.05) is 0 Å². The minimum Gasteiger partial charge on any atom is -0.309 e. The predicted molar refractivity (Wildman–Crippen MR) is 255 cm³/mol. The SMILES string of the molecule is CC1(C)c2ccccc2-c2cc3c(cc21)c1ccccc1n3-c1ccc(-c2nc(-c3ccccc3)nc(-n3c4ccccc4c4cc5c(cc43)-c3ccccc3C5(C)C)n2)cc1. The van der Waals surface area contributed by atoms with Gasteiger partial charge in [0.05, 0.1) is 22.1 Å². The molecular weight excluding hydrogens is 755 g/mol. The molecule has 2 aliphatic rings. The van der Waals surface area contributed by atoms with Crippen molar-refractivity contribution in [2.45, 2.75) is 38.5 Å². The molecule has 0 saturated heterocycles. The van der Waals surface area contributed by atoms with Gasteiger partial charge in [-0.1, -0.05) is 143 Å². The van der Waals surface area contributed by atoms with Crippen LogP contribution in [0.4, 0.5) is 0 Å². The highest BCUT2D eigenvalue weighted by Gasteiger charge is 2.37. The van der Waals surface area contributed by atoms with Gasteiger partial charge in [0, 0.05) is 49.2 Å². The van der Waals surface area contributed by atoms with E-state index in [0.717, 1.165) is 27.8 Å². The summed E-state index contributed by atoms with van der Waals surface area (Å²) in [5.41, 5.74) is 17.9. The molecule has 11 aromatic rings. The van der Waals surface area contributed by atoms with E-state index >= 15 is 0 Å². The van der Waals surface area contributed by atoms with Crippen molar-refractivity contribution in [2.24, 2.45) is 0 Å². The van der Waals surface area contributed by atoms with Crippen LogP contribution in [0.5, 0.6) is 0 Å². The van der Waals surface area contributed by atoms with Gasteiger partial charge in [0.2, 0.25) is 5.95 Å². The van der Waals surface area contributed by atoms with Gasteiger partial charge in [-0.05, 0) is 105 Å². The second-order valence-electron chi connectivity index (χ2n) is 18.1. The lowest BCUT2D eigenvalue weighted by Gasteiger charge is -2.21. The van der Waals surface area contributed by atoms with Crippen LogP contribution in [0, 0.1) is 0 Å². The summed E-state index contributed by atoms with van der Waals surface area (Å²) in [7, 11) is 0. The highest BCUT2D eigenvalue weighted by molar-refractivity contribution is 6.12. The van der Waals surface area contributed by atoms with Gasteiger partial charge in [0.1, 0.15) is 0 Å². The number of benzene rings is 8. The van der Waals surface area contributed by atoms with E-state index in [-0.39, 0.29) is 10.8 Å². The molecular formula is C57H41N5. The fraction of sp³-hybridized carbons (Fsp3) is 0.105. The Bertz CT molecular complexity index is 3680. The van der Waals surface area contributed by atoms with Crippen LogP contribution in [0.3, 0.4) is 0 Å². The van der Waals surface area contributed by atoms with Crippen LogP contribution >= 0.6 is 0 Å². The average molecular weight is 796 g/mol. The molecule has 2 aliphatic carbocycles. The third kappa shape index (κ3) is 4.76. The largest absolute Gasteiger partial charge is 0.309 e. The molecule has 0 aliphatic heterocycles. The summed E-state index contributed by atoms with van der Waals surface area (Å²) in [6, 6.07) is 63.7. The Morgan fingerprint density at radius 2 is 0.790 bits per heavy atom. The Kier molecular flexibility index (Phi) is 7.07. The Morgan fingerprint density at radius 1 is 0.339 bits per heavy atom. The summed E-state index contributed by atoms with van der Waals surface area (Å²) in [5.74, 6) is 1.85. The summed E-state index contributed by atoms with van der Waals surface area (Å²) in [6.45, 7) is 9.38. The van der Waals surface area contributed by atoms with Gasteiger partial charge in [-0.15, -0.1) is 0 Å². The number of nitrogens with zero attached hydrogens (tertiary/aromatic N) is 5. The first-order valence-corrected chi connectivity index (χ1v) is 21.5. The van der Waals surface area contributed by atoms with Crippen LogP contribution < -0.4 is 0 Å². The normalized spacial score (nSPS) is 14.4. The van der Waals surface area contributed by atoms with Crippen molar-refractivity contribution in [1.29, 1.82) is 0 Å². The monoisotopic (exact) mass is 795 g/mol. The zero-order chi connectivity index (χ0) is 41.5. The van der Waals surface area contributed by atoms with Gasteiger partial charge in [-0.2, -0.15) is 9.97 Å². The van der Waals surface area contributed by atoms with Crippen LogP contribution in [-0.2, 0) is 10.8 Å². The van der Waals surface area contributed by atoms with Gasteiger partial charge >= 0.3 is 0 Å². The highest BCUT2D eigenvalue weighted by atomic mass is 15.2. The minimum atomic E-state index is -0.113. The maximum atomic E-state index is 5.34. The topological polar surface area (TPSA) is 48.5 Å². The maximum Gasteiger partial charge on any atom is 0.238 e. The van der Waals surface area contributed by atoms with E-state index in [4.69, 9.17) is 15.0 Å². The van der Waals surface area contributed by atoms with Crippen molar-refractivity contribution in [3.05, 3.63) is 198 Å². The molecule has 0 unspecified atom stereocenters. The molecule has 3 heterocycles. The smallest absolute Gasteiger partial charge is 0.238 e. The van der Waals surface area contributed by atoms with Crippen molar-refractivity contribution < 1.29 is 0 Å². The van der Waals surface area contributed by atoms with E-state index in [9.17, 15) is 0 Å². The molecule has 294 valence electrons. The van der Waals surface area contributed by atoms with Crippen LogP contribution in [0.25, 0.3) is 100 Å². The Labute approximate surface area is 359 Å². The summed E-state index contributed by atoms with van der Waals surface area (Å²) in [4.78, 5) is 15.8. The molecule has 5 nitrogen and oxygen atoms in total. The van der Waals surface area contributed by atoms with E-state index < -0.39 is 0 Å². The van der Waals surface area contributed by atoms with E-state index in [1.807, 2.05) is 18.2 Å². The Morgan fingerprint density at radius 3 is 1.35 bits per heavy atom. The van der Waals surface area contributed by atoms with Crippen LogP contribution in [0.2, 0.25) is 0 Å². The van der Waals surface area contributed by atoms with Crippen molar-refractivity contribution in [3.8, 4) is 56.7 Å². The summed E-state index contributed by atoms with van der Waals surface area (Å²) in [6.07, 6.45) is 0. The molecule has 0 bridgehead atoms. The molecule has 13 rings (SSSR count). The van der Waals surface area contributed by atoms with Crippen LogP contribution in [0.15, 0.2) is 176 Å². The van der Waals surface area contributed by atoms with Crippen molar-refractivity contribution >= 4 is 43.6 Å². The lowest BCUT2D eigenvalue weighted by atomic mass is 9.82.